The van der Waals surface area contributed by atoms with Crippen molar-refractivity contribution < 1.29 is 27.9 Å². The van der Waals surface area contributed by atoms with Crippen molar-refractivity contribution in [2.24, 2.45) is 0 Å². The number of amides is 2. The molecule has 38 heavy (non-hydrogen) atoms. The molecule has 0 bridgehead atoms. The van der Waals surface area contributed by atoms with Crippen LogP contribution in [-0.4, -0.2) is 36.3 Å². The maximum Gasteiger partial charge on any atom is 0.293 e. The van der Waals surface area contributed by atoms with Gasteiger partial charge >= 0.3 is 0 Å². The number of benzene rings is 2. The van der Waals surface area contributed by atoms with E-state index in [4.69, 9.17) is 42.7 Å². The second-order valence-corrected chi connectivity index (χ2v) is 8.42. The Labute approximate surface area is 228 Å². The Balaban J connectivity index is 1.45. The van der Waals surface area contributed by atoms with Gasteiger partial charge in [-0.3, -0.25) is 20.2 Å². The molecule has 2 amide bonds. The van der Waals surface area contributed by atoms with E-state index in [-0.39, 0.29) is 21.7 Å². The number of hydrogen-bond acceptors (Lipinski definition) is 8. The van der Waals surface area contributed by atoms with Crippen LogP contribution in [0.5, 0.6) is 11.5 Å². The normalized spacial score (nSPS) is 10.3. The third kappa shape index (κ3) is 6.35. The van der Waals surface area contributed by atoms with Crippen molar-refractivity contribution in [1.82, 2.24) is 10.6 Å². The highest BCUT2D eigenvalue weighted by Crippen LogP contribution is 2.35. The highest BCUT2D eigenvalue weighted by Gasteiger charge is 2.15. The van der Waals surface area contributed by atoms with Gasteiger partial charge in [0.25, 0.3) is 11.8 Å². The highest BCUT2D eigenvalue weighted by atomic mass is 32.1. The number of nitrogens with one attached hydrogen (secondary N) is 4. The van der Waals surface area contributed by atoms with Crippen LogP contribution in [0.1, 0.15) is 21.1 Å². The molecule has 2 heterocycles. The standard InChI is InChI=1S/C26H22N4O6S2/c1-33-21-13-15(7-9-17(21)27-25(37)29-23(31)19-5-3-11-35-19)16-8-10-18(22(14-16)34-2)28-26(38)30-24(32)20-6-4-12-36-20/h3-14H,1-2H3,(H2,27,29,31,37)(H2,28,30,32,38). The lowest BCUT2D eigenvalue weighted by molar-refractivity contribution is 0.0943. The van der Waals surface area contributed by atoms with E-state index in [0.717, 1.165) is 11.1 Å². The Kier molecular flexibility index (Phi) is 8.36. The van der Waals surface area contributed by atoms with Crippen LogP contribution in [0.3, 0.4) is 0 Å². The van der Waals surface area contributed by atoms with Gasteiger partial charge in [0, 0.05) is 0 Å². The van der Waals surface area contributed by atoms with Crippen molar-refractivity contribution >= 4 is 57.8 Å². The summed E-state index contributed by atoms with van der Waals surface area (Å²) in [6.07, 6.45) is 2.80. The largest absolute Gasteiger partial charge is 0.495 e. The summed E-state index contributed by atoms with van der Waals surface area (Å²) in [6.45, 7) is 0. The zero-order valence-corrected chi connectivity index (χ0v) is 21.8. The fourth-order valence-corrected chi connectivity index (χ4v) is 3.81. The van der Waals surface area contributed by atoms with Gasteiger partial charge in [0.05, 0.1) is 38.1 Å². The minimum atomic E-state index is -0.469. The fraction of sp³-hybridized carbons (Fsp3) is 0.0769. The smallest absolute Gasteiger partial charge is 0.293 e. The van der Waals surface area contributed by atoms with E-state index in [1.165, 1.54) is 38.9 Å². The minimum absolute atomic E-state index is 0.0876. The molecule has 0 saturated carbocycles. The van der Waals surface area contributed by atoms with Gasteiger partial charge in [0.1, 0.15) is 11.5 Å². The molecule has 0 atom stereocenters. The summed E-state index contributed by atoms with van der Waals surface area (Å²) in [5, 5.41) is 11.2. The molecule has 4 rings (SSSR count). The van der Waals surface area contributed by atoms with Crippen LogP contribution >= 0.6 is 24.4 Å². The van der Waals surface area contributed by atoms with Gasteiger partial charge in [-0.1, -0.05) is 12.1 Å². The molecule has 2 aromatic carbocycles. The van der Waals surface area contributed by atoms with Crippen LogP contribution in [-0.2, 0) is 0 Å². The third-order valence-corrected chi connectivity index (χ3v) is 5.59. The van der Waals surface area contributed by atoms with Crippen molar-refractivity contribution in [2.45, 2.75) is 0 Å². The van der Waals surface area contributed by atoms with Crippen LogP contribution in [0.15, 0.2) is 82.0 Å². The van der Waals surface area contributed by atoms with Gasteiger partial charge in [0.2, 0.25) is 0 Å². The van der Waals surface area contributed by atoms with Gasteiger partial charge in [-0.2, -0.15) is 0 Å². The summed E-state index contributed by atoms with van der Waals surface area (Å²) in [6, 6.07) is 17.2. The number of ether oxygens (including phenoxy) is 2. The Bertz CT molecular complexity index is 1360. The molecule has 0 spiro atoms. The first-order valence-electron chi connectivity index (χ1n) is 11.1. The third-order valence-electron chi connectivity index (χ3n) is 5.18. The van der Waals surface area contributed by atoms with Crippen LogP contribution < -0.4 is 30.7 Å². The number of rotatable bonds is 7. The molecule has 0 saturated heterocycles. The number of methoxy groups -OCH3 is 2. The van der Waals surface area contributed by atoms with E-state index >= 15 is 0 Å². The topological polar surface area (TPSA) is 127 Å². The molecule has 0 radical (unpaired) electrons. The Morgan fingerprint density at radius 3 is 1.45 bits per heavy atom. The summed E-state index contributed by atoms with van der Waals surface area (Å²) < 4.78 is 21.2. The van der Waals surface area contributed by atoms with Gasteiger partial charge in [0.15, 0.2) is 21.7 Å². The minimum Gasteiger partial charge on any atom is -0.495 e. The molecular weight excluding hydrogens is 528 g/mol. The number of furan rings is 2. The summed E-state index contributed by atoms with van der Waals surface area (Å²) in [5.41, 5.74) is 2.78. The molecule has 194 valence electrons. The fourth-order valence-electron chi connectivity index (χ4n) is 3.40. The van der Waals surface area contributed by atoms with E-state index in [1.54, 1.807) is 24.3 Å². The summed E-state index contributed by atoms with van der Waals surface area (Å²) in [7, 11) is 3.06. The Hall–Kier alpha value is -4.68. The van der Waals surface area contributed by atoms with E-state index in [1.807, 2.05) is 24.3 Å². The zero-order chi connectivity index (χ0) is 27.1. The molecule has 0 aliphatic rings. The number of carbonyl (C=O) groups excluding carboxylic acids is 2. The predicted octanol–water partition coefficient (Wildman–Crippen LogP) is 4.81. The molecule has 0 aliphatic heterocycles. The van der Waals surface area contributed by atoms with Gasteiger partial charge in [-0.15, -0.1) is 0 Å². The maximum atomic E-state index is 12.1. The number of hydrogen-bond donors (Lipinski definition) is 4. The first kappa shape index (κ1) is 26.4. The second kappa shape index (κ2) is 12.0. The van der Waals surface area contributed by atoms with Crippen LogP contribution in [0, 0.1) is 0 Å². The maximum absolute atomic E-state index is 12.1. The van der Waals surface area contributed by atoms with Crippen LogP contribution in [0.25, 0.3) is 11.1 Å². The second-order valence-electron chi connectivity index (χ2n) is 7.60. The van der Waals surface area contributed by atoms with Crippen molar-refractivity contribution in [3.8, 4) is 22.6 Å². The SMILES string of the molecule is COc1cc(-c2ccc(NC(=S)NC(=O)c3ccco3)c(OC)c2)ccc1NC(=S)NC(=O)c1ccco1. The van der Waals surface area contributed by atoms with Crippen LogP contribution in [0.2, 0.25) is 0 Å². The molecule has 2 aromatic heterocycles. The van der Waals surface area contributed by atoms with Crippen LogP contribution in [0.4, 0.5) is 11.4 Å². The van der Waals surface area contributed by atoms with Crippen molar-refractivity contribution in [1.29, 1.82) is 0 Å². The molecule has 10 nitrogen and oxygen atoms in total. The number of carbonyl (C=O) groups is 2. The van der Waals surface area contributed by atoms with E-state index in [9.17, 15) is 9.59 Å². The van der Waals surface area contributed by atoms with Gasteiger partial charge in [-0.05, 0) is 84.1 Å². The molecule has 4 aromatic rings. The Morgan fingerprint density at radius 1 is 0.684 bits per heavy atom. The first-order chi connectivity index (χ1) is 18.4. The molecule has 4 N–H and O–H groups in total. The van der Waals surface area contributed by atoms with E-state index in [2.05, 4.69) is 21.3 Å². The van der Waals surface area contributed by atoms with E-state index < -0.39 is 11.8 Å². The molecule has 0 aliphatic carbocycles. The van der Waals surface area contributed by atoms with Gasteiger partial charge in [-0.25, -0.2) is 0 Å². The number of thiocarbonyl (C=S) groups is 2. The van der Waals surface area contributed by atoms with Crippen molar-refractivity contribution in [3.63, 3.8) is 0 Å². The van der Waals surface area contributed by atoms with E-state index in [0.29, 0.717) is 22.9 Å². The lowest BCUT2D eigenvalue weighted by Gasteiger charge is -2.16. The molecular formula is C26H22N4O6S2. The van der Waals surface area contributed by atoms with Gasteiger partial charge < -0.3 is 28.9 Å². The summed E-state index contributed by atoms with van der Waals surface area (Å²) in [5.74, 6) is 0.348. The monoisotopic (exact) mass is 550 g/mol. The summed E-state index contributed by atoms with van der Waals surface area (Å²) >= 11 is 10.5. The molecule has 0 unspecified atom stereocenters. The first-order valence-corrected chi connectivity index (χ1v) is 11.9. The predicted molar refractivity (Wildman–Crippen MR) is 150 cm³/mol. The lowest BCUT2D eigenvalue weighted by atomic mass is 10.0. The highest BCUT2D eigenvalue weighted by molar-refractivity contribution is 7.80. The lowest BCUT2D eigenvalue weighted by Crippen LogP contribution is -2.34. The van der Waals surface area contributed by atoms with Crippen molar-refractivity contribution in [3.05, 3.63) is 84.7 Å². The molecule has 0 fully saturated rings. The zero-order valence-electron chi connectivity index (χ0n) is 20.2. The quantitative estimate of drug-likeness (QED) is 0.238. The summed E-state index contributed by atoms with van der Waals surface area (Å²) in [4.78, 5) is 24.3. The number of anilines is 2. The average molecular weight is 551 g/mol. The average Bonchev–Trinajstić information content (AvgIpc) is 3.64. The Morgan fingerprint density at radius 2 is 1.11 bits per heavy atom. The molecule has 12 heteroatoms. The van der Waals surface area contributed by atoms with Crippen molar-refractivity contribution in [2.75, 3.05) is 24.9 Å².